The van der Waals surface area contributed by atoms with Crippen LogP contribution >= 0.6 is 0 Å². The summed E-state index contributed by atoms with van der Waals surface area (Å²) < 4.78 is 11.2. The first-order valence-electron chi connectivity index (χ1n) is 9.96. The molecule has 1 heterocycles. The van der Waals surface area contributed by atoms with E-state index in [0.717, 1.165) is 44.2 Å². The van der Waals surface area contributed by atoms with Crippen LogP contribution in [0.15, 0.2) is 48.5 Å². The number of benzene rings is 2. The van der Waals surface area contributed by atoms with Crippen LogP contribution < -0.4 is 10.1 Å². The number of ether oxygens (including phenoxy) is 2. The lowest BCUT2D eigenvalue weighted by atomic mass is 10.1. The van der Waals surface area contributed by atoms with Crippen molar-refractivity contribution in [2.75, 3.05) is 39.5 Å². The summed E-state index contributed by atoms with van der Waals surface area (Å²) in [4.78, 5) is 14.9. The Kier molecular flexibility index (Phi) is 7.46. The van der Waals surface area contributed by atoms with Crippen LogP contribution in [0.25, 0.3) is 0 Å². The minimum Gasteiger partial charge on any atom is -0.493 e. The Morgan fingerprint density at radius 1 is 1.11 bits per heavy atom. The second kappa shape index (κ2) is 10.2. The minimum absolute atomic E-state index is 0.00551. The SMILES string of the molecule is Cc1ccc(OCCC(=O)NC(CN2CCOCC2)c2ccccc2)cc1C. The summed E-state index contributed by atoms with van der Waals surface area (Å²) in [6, 6.07) is 16.1. The van der Waals surface area contributed by atoms with Gasteiger partial charge in [-0.15, -0.1) is 0 Å². The molecule has 2 aromatic carbocycles. The zero-order valence-electron chi connectivity index (χ0n) is 16.8. The van der Waals surface area contributed by atoms with Gasteiger partial charge in [-0.05, 0) is 42.7 Å². The summed E-state index contributed by atoms with van der Waals surface area (Å²) in [6.07, 6.45) is 0.333. The Bertz CT molecular complexity index is 758. The third-order valence-corrected chi connectivity index (χ3v) is 5.16. The van der Waals surface area contributed by atoms with Crippen LogP contribution in [0, 0.1) is 13.8 Å². The monoisotopic (exact) mass is 382 g/mol. The van der Waals surface area contributed by atoms with Crippen molar-refractivity contribution in [1.29, 1.82) is 0 Å². The Labute approximate surface area is 167 Å². The highest BCUT2D eigenvalue weighted by Gasteiger charge is 2.20. The van der Waals surface area contributed by atoms with Crippen LogP contribution in [-0.2, 0) is 9.53 Å². The normalized spacial score (nSPS) is 15.8. The second-order valence-corrected chi connectivity index (χ2v) is 7.29. The summed E-state index contributed by atoms with van der Waals surface area (Å²) in [5.74, 6) is 0.815. The summed E-state index contributed by atoms with van der Waals surface area (Å²) in [7, 11) is 0. The molecule has 2 aromatic rings. The number of aryl methyl sites for hydroxylation is 2. The van der Waals surface area contributed by atoms with Crippen LogP contribution in [0.2, 0.25) is 0 Å². The van der Waals surface area contributed by atoms with Gasteiger partial charge in [0.05, 0.1) is 32.3 Å². The molecule has 0 spiro atoms. The molecule has 1 N–H and O–H groups in total. The van der Waals surface area contributed by atoms with E-state index in [1.165, 1.54) is 11.1 Å². The number of carbonyl (C=O) groups excluding carboxylic acids is 1. The lowest BCUT2D eigenvalue weighted by molar-refractivity contribution is -0.122. The number of carbonyl (C=O) groups is 1. The molecule has 1 unspecified atom stereocenters. The molecule has 0 saturated carbocycles. The van der Waals surface area contributed by atoms with E-state index < -0.39 is 0 Å². The van der Waals surface area contributed by atoms with E-state index in [2.05, 4.69) is 36.2 Å². The molecule has 1 aliphatic rings. The smallest absolute Gasteiger partial charge is 0.223 e. The molecule has 5 nitrogen and oxygen atoms in total. The third kappa shape index (κ3) is 6.08. The molecule has 1 aliphatic heterocycles. The van der Waals surface area contributed by atoms with Crippen molar-refractivity contribution in [3.05, 3.63) is 65.2 Å². The first-order valence-corrected chi connectivity index (χ1v) is 9.96. The Morgan fingerprint density at radius 2 is 1.86 bits per heavy atom. The summed E-state index contributed by atoms with van der Waals surface area (Å²) in [5.41, 5.74) is 3.55. The van der Waals surface area contributed by atoms with E-state index in [9.17, 15) is 4.79 Å². The fourth-order valence-corrected chi connectivity index (χ4v) is 3.29. The van der Waals surface area contributed by atoms with Gasteiger partial charge in [0.25, 0.3) is 0 Å². The quantitative estimate of drug-likeness (QED) is 0.761. The molecule has 5 heteroatoms. The molecule has 0 aliphatic carbocycles. The predicted octanol–water partition coefficient (Wildman–Crippen LogP) is 3.26. The second-order valence-electron chi connectivity index (χ2n) is 7.29. The number of hydrogen-bond donors (Lipinski definition) is 1. The number of morpholine rings is 1. The highest BCUT2D eigenvalue weighted by molar-refractivity contribution is 5.76. The average molecular weight is 383 g/mol. The molecule has 150 valence electrons. The number of nitrogens with zero attached hydrogens (tertiary/aromatic N) is 1. The maximum absolute atomic E-state index is 12.5. The van der Waals surface area contributed by atoms with Crippen molar-refractivity contribution in [2.24, 2.45) is 0 Å². The van der Waals surface area contributed by atoms with Gasteiger partial charge >= 0.3 is 0 Å². The fourth-order valence-electron chi connectivity index (χ4n) is 3.29. The van der Waals surface area contributed by atoms with E-state index in [0.29, 0.717) is 13.0 Å². The topological polar surface area (TPSA) is 50.8 Å². The molecule has 1 saturated heterocycles. The molecular weight excluding hydrogens is 352 g/mol. The van der Waals surface area contributed by atoms with Gasteiger partial charge in [0.2, 0.25) is 5.91 Å². The number of nitrogens with one attached hydrogen (secondary N) is 1. The van der Waals surface area contributed by atoms with Gasteiger partial charge in [0, 0.05) is 19.6 Å². The van der Waals surface area contributed by atoms with Gasteiger partial charge in [0.15, 0.2) is 0 Å². The molecule has 1 atom stereocenters. The first kappa shape index (κ1) is 20.4. The summed E-state index contributed by atoms with van der Waals surface area (Å²) >= 11 is 0. The van der Waals surface area contributed by atoms with Gasteiger partial charge in [-0.1, -0.05) is 36.4 Å². The van der Waals surface area contributed by atoms with Crippen LogP contribution in [0.4, 0.5) is 0 Å². The van der Waals surface area contributed by atoms with E-state index in [4.69, 9.17) is 9.47 Å². The first-order chi connectivity index (χ1) is 13.6. The number of amides is 1. The highest BCUT2D eigenvalue weighted by Crippen LogP contribution is 2.17. The predicted molar refractivity (Wildman–Crippen MR) is 111 cm³/mol. The number of rotatable bonds is 8. The lowest BCUT2D eigenvalue weighted by Gasteiger charge is -2.31. The van der Waals surface area contributed by atoms with Crippen molar-refractivity contribution in [2.45, 2.75) is 26.3 Å². The van der Waals surface area contributed by atoms with Gasteiger partial charge in [0.1, 0.15) is 5.75 Å². The average Bonchev–Trinajstić information content (AvgIpc) is 2.72. The van der Waals surface area contributed by atoms with Crippen molar-refractivity contribution in [3.8, 4) is 5.75 Å². The van der Waals surface area contributed by atoms with E-state index in [1.54, 1.807) is 0 Å². The third-order valence-electron chi connectivity index (χ3n) is 5.16. The van der Waals surface area contributed by atoms with Gasteiger partial charge in [-0.2, -0.15) is 0 Å². The molecule has 0 aromatic heterocycles. The largest absolute Gasteiger partial charge is 0.493 e. The van der Waals surface area contributed by atoms with Crippen molar-refractivity contribution in [3.63, 3.8) is 0 Å². The Hall–Kier alpha value is -2.37. The van der Waals surface area contributed by atoms with Crippen LogP contribution in [0.3, 0.4) is 0 Å². The molecule has 3 rings (SSSR count). The van der Waals surface area contributed by atoms with Crippen molar-refractivity contribution in [1.82, 2.24) is 10.2 Å². The Balaban J connectivity index is 1.53. The standard InChI is InChI=1S/C23H30N2O3/c1-18-8-9-21(16-19(18)2)28-13-10-23(26)24-22(20-6-4-3-5-7-20)17-25-11-14-27-15-12-25/h3-9,16,22H,10-15,17H2,1-2H3,(H,24,26). The number of hydrogen-bond acceptors (Lipinski definition) is 4. The maximum atomic E-state index is 12.5. The van der Waals surface area contributed by atoms with Crippen LogP contribution in [0.5, 0.6) is 5.75 Å². The summed E-state index contributed by atoms with van der Waals surface area (Å²) in [5, 5.41) is 3.19. The molecule has 1 fully saturated rings. The maximum Gasteiger partial charge on any atom is 0.223 e. The minimum atomic E-state index is -0.0339. The van der Waals surface area contributed by atoms with E-state index in [-0.39, 0.29) is 11.9 Å². The van der Waals surface area contributed by atoms with Crippen LogP contribution in [-0.4, -0.2) is 50.3 Å². The summed E-state index contributed by atoms with van der Waals surface area (Å²) in [6.45, 7) is 8.59. The van der Waals surface area contributed by atoms with Crippen molar-refractivity contribution < 1.29 is 14.3 Å². The zero-order chi connectivity index (χ0) is 19.8. The fraction of sp³-hybridized carbons (Fsp3) is 0.435. The van der Waals surface area contributed by atoms with E-state index in [1.807, 2.05) is 36.4 Å². The zero-order valence-corrected chi connectivity index (χ0v) is 16.8. The molecule has 1 amide bonds. The highest BCUT2D eigenvalue weighted by atomic mass is 16.5. The molecule has 0 bridgehead atoms. The molecule has 28 heavy (non-hydrogen) atoms. The van der Waals surface area contributed by atoms with Crippen LogP contribution in [0.1, 0.15) is 29.2 Å². The van der Waals surface area contributed by atoms with Crippen molar-refractivity contribution >= 4 is 5.91 Å². The van der Waals surface area contributed by atoms with Gasteiger partial charge < -0.3 is 14.8 Å². The molecule has 0 radical (unpaired) electrons. The lowest BCUT2D eigenvalue weighted by Crippen LogP contribution is -2.43. The van der Waals surface area contributed by atoms with Gasteiger partial charge in [-0.3, -0.25) is 9.69 Å². The molecular formula is C23H30N2O3. The Morgan fingerprint density at radius 3 is 2.57 bits per heavy atom. The van der Waals surface area contributed by atoms with Gasteiger partial charge in [-0.25, -0.2) is 0 Å². The van der Waals surface area contributed by atoms with E-state index >= 15 is 0 Å².